The Morgan fingerprint density at radius 1 is 1.07 bits per heavy atom. The van der Waals surface area contributed by atoms with Crippen molar-refractivity contribution in [3.8, 4) is 6.07 Å². The zero-order valence-corrected chi connectivity index (χ0v) is 8.41. The van der Waals surface area contributed by atoms with Crippen LogP contribution < -0.4 is 0 Å². The van der Waals surface area contributed by atoms with E-state index in [1.807, 2.05) is 42.5 Å². The van der Waals surface area contributed by atoms with E-state index in [0.717, 1.165) is 16.3 Å². The van der Waals surface area contributed by atoms with E-state index in [9.17, 15) is 0 Å². The Morgan fingerprint density at radius 3 is 2.57 bits per heavy atom. The summed E-state index contributed by atoms with van der Waals surface area (Å²) in [6.45, 7) is 0. The molecule has 0 amide bonds. The van der Waals surface area contributed by atoms with Crippen molar-refractivity contribution in [1.82, 2.24) is 0 Å². The fourth-order valence-electron chi connectivity index (χ4n) is 1.56. The number of thiol groups is 1. The lowest BCUT2D eigenvalue weighted by Crippen LogP contribution is -1.87. The van der Waals surface area contributed by atoms with Gasteiger partial charge in [-0.1, -0.05) is 42.5 Å². The van der Waals surface area contributed by atoms with Crippen LogP contribution in [-0.4, -0.2) is 0 Å². The lowest BCUT2D eigenvalue weighted by Gasteiger charge is -2.06. The van der Waals surface area contributed by atoms with Crippen LogP contribution in [0.25, 0.3) is 10.8 Å². The third-order valence-electron chi connectivity index (χ3n) is 2.24. The predicted molar refractivity (Wildman–Crippen MR) is 61.3 cm³/mol. The highest BCUT2D eigenvalue weighted by atomic mass is 32.1. The van der Waals surface area contributed by atoms with E-state index in [1.165, 1.54) is 0 Å². The summed E-state index contributed by atoms with van der Waals surface area (Å²) in [7, 11) is 0. The summed E-state index contributed by atoms with van der Waals surface area (Å²) in [5, 5.41) is 10.7. The summed E-state index contributed by atoms with van der Waals surface area (Å²) in [5.41, 5.74) is 0.980. The molecule has 2 heteroatoms. The normalized spacial score (nSPS) is 12.3. The molecule has 0 heterocycles. The van der Waals surface area contributed by atoms with Gasteiger partial charge in [-0.05, 0) is 16.3 Å². The molecule has 0 unspecified atom stereocenters. The molecule has 0 aromatic heterocycles. The predicted octanol–water partition coefficient (Wildman–Crippen LogP) is 3.33. The average molecular weight is 199 g/mol. The molecule has 0 saturated heterocycles. The van der Waals surface area contributed by atoms with Crippen molar-refractivity contribution in [2.24, 2.45) is 0 Å². The maximum Gasteiger partial charge on any atom is 0.114 e. The Balaban J connectivity index is 2.72. The second-order valence-corrected chi connectivity index (χ2v) is 3.62. The first-order valence-electron chi connectivity index (χ1n) is 4.38. The summed E-state index contributed by atoms with van der Waals surface area (Å²) in [6, 6.07) is 16.1. The number of rotatable bonds is 1. The highest BCUT2D eigenvalue weighted by Gasteiger charge is 2.07. The Morgan fingerprint density at radius 2 is 1.79 bits per heavy atom. The minimum Gasteiger partial charge on any atom is -0.197 e. The SMILES string of the molecule is N#C[C@H](S)c1cccc2ccccc12. The number of nitrogens with zero attached hydrogens (tertiary/aromatic N) is 1. The molecule has 0 radical (unpaired) electrons. The molecule has 0 bridgehead atoms. The molecular formula is C12H9NS. The van der Waals surface area contributed by atoms with Gasteiger partial charge in [0, 0.05) is 0 Å². The monoisotopic (exact) mass is 199 g/mol. The molecule has 0 aliphatic carbocycles. The first-order valence-corrected chi connectivity index (χ1v) is 4.90. The molecule has 2 aromatic carbocycles. The van der Waals surface area contributed by atoms with Gasteiger partial charge in [-0.2, -0.15) is 17.9 Å². The fraction of sp³-hybridized carbons (Fsp3) is 0.0833. The smallest absolute Gasteiger partial charge is 0.114 e. The largest absolute Gasteiger partial charge is 0.197 e. The molecule has 2 rings (SSSR count). The van der Waals surface area contributed by atoms with Crippen molar-refractivity contribution in [3.05, 3.63) is 48.0 Å². The number of hydrogen-bond donors (Lipinski definition) is 1. The van der Waals surface area contributed by atoms with E-state index in [-0.39, 0.29) is 5.25 Å². The molecule has 0 aliphatic heterocycles. The van der Waals surface area contributed by atoms with E-state index in [2.05, 4.69) is 18.7 Å². The van der Waals surface area contributed by atoms with Gasteiger partial charge in [-0.3, -0.25) is 0 Å². The fourth-order valence-corrected chi connectivity index (χ4v) is 1.78. The Kier molecular flexibility index (Phi) is 2.43. The first kappa shape index (κ1) is 9.11. The van der Waals surface area contributed by atoms with Crippen LogP contribution in [0.4, 0.5) is 0 Å². The molecule has 14 heavy (non-hydrogen) atoms. The van der Waals surface area contributed by atoms with Gasteiger partial charge in [-0.15, -0.1) is 0 Å². The van der Waals surface area contributed by atoms with Crippen molar-refractivity contribution < 1.29 is 0 Å². The second-order valence-electron chi connectivity index (χ2n) is 3.10. The van der Waals surface area contributed by atoms with Gasteiger partial charge in [0.05, 0.1) is 6.07 Å². The minimum atomic E-state index is -0.346. The van der Waals surface area contributed by atoms with Crippen LogP contribution in [0.2, 0.25) is 0 Å². The van der Waals surface area contributed by atoms with Gasteiger partial charge in [0.15, 0.2) is 0 Å². The molecule has 0 fully saturated rings. The van der Waals surface area contributed by atoms with E-state index >= 15 is 0 Å². The molecule has 0 N–H and O–H groups in total. The third-order valence-corrected chi connectivity index (χ3v) is 2.63. The van der Waals surface area contributed by atoms with Crippen LogP contribution in [-0.2, 0) is 0 Å². The summed E-state index contributed by atoms with van der Waals surface area (Å²) >= 11 is 4.23. The van der Waals surface area contributed by atoms with Gasteiger partial charge in [0.1, 0.15) is 5.25 Å². The molecule has 0 spiro atoms. The minimum absolute atomic E-state index is 0.346. The number of benzene rings is 2. The second kappa shape index (κ2) is 3.73. The Hall–Kier alpha value is -1.46. The van der Waals surface area contributed by atoms with Gasteiger partial charge in [0.2, 0.25) is 0 Å². The molecule has 0 aliphatic rings. The van der Waals surface area contributed by atoms with E-state index in [0.29, 0.717) is 0 Å². The maximum atomic E-state index is 8.82. The molecule has 68 valence electrons. The van der Waals surface area contributed by atoms with Crippen molar-refractivity contribution >= 4 is 23.4 Å². The highest BCUT2D eigenvalue weighted by Crippen LogP contribution is 2.27. The third kappa shape index (κ3) is 1.47. The summed E-state index contributed by atoms with van der Waals surface area (Å²) < 4.78 is 0. The van der Waals surface area contributed by atoms with Gasteiger partial charge in [-0.25, -0.2) is 0 Å². The standard InChI is InChI=1S/C12H9NS/c13-8-12(14)11-7-3-5-9-4-1-2-6-10(9)11/h1-7,12,14H/t12-/m0/s1. The zero-order chi connectivity index (χ0) is 9.97. The van der Waals surface area contributed by atoms with Crippen LogP contribution in [0.15, 0.2) is 42.5 Å². The summed E-state index contributed by atoms with van der Waals surface area (Å²) in [5.74, 6) is 0. The van der Waals surface area contributed by atoms with Gasteiger partial charge >= 0.3 is 0 Å². The van der Waals surface area contributed by atoms with Crippen LogP contribution in [0, 0.1) is 11.3 Å². The van der Waals surface area contributed by atoms with Gasteiger partial charge in [0.25, 0.3) is 0 Å². The quantitative estimate of drug-likeness (QED) is 0.700. The number of nitriles is 1. The van der Waals surface area contributed by atoms with Crippen molar-refractivity contribution in [3.63, 3.8) is 0 Å². The van der Waals surface area contributed by atoms with Crippen LogP contribution in [0.1, 0.15) is 10.8 Å². The molecule has 2 aromatic rings. The molecular weight excluding hydrogens is 190 g/mol. The Bertz CT molecular complexity index is 494. The van der Waals surface area contributed by atoms with E-state index < -0.39 is 0 Å². The van der Waals surface area contributed by atoms with Crippen LogP contribution in [0.5, 0.6) is 0 Å². The number of fused-ring (bicyclic) bond motifs is 1. The van der Waals surface area contributed by atoms with Crippen LogP contribution in [0.3, 0.4) is 0 Å². The lowest BCUT2D eigenvalue weighted by molar-refractivity contribution is 1.26. The maximum absolute atomic E-state index is 8.82. The topological polar surface area (TPSA) is 23.8 Å². The lowest BCUT2D eigenvalue weighted by atomic mass is 10.0. The number of hydrogen-bond acceptors (Lipinski definition) is 2. The van der Waals surface area contributed by atoms with Gasteiger partial charge < -0.3 is 0 Å². The molecule has 1 nitrogen and oxygen atoms in total. The van der Waals surface area contributed by atoms with E-state index in [4.69, 9.17) is 5.26 Å². The summed E-state index contributed by atoms with van der Waals surface area (Å²) in [4.78, 5) is 0. The summed E-state index contributed by atoms with van der Waals surface area (Å²) in [6.07, 6.45) is 0. The van der Waals surface area contributed by atoms with Crippen molar-refractivity contribution in [2.75, 3.05) is 0 Å². The first-order chi connectivity index (χ1) is 6.83. The van der Waals surface area contributed by atoms with Crippen molar-refractivity contribution in [1.29, 1.82) is 5.26 Å². The van der Waals surface area contributed by atoms with Crippen LogP contribution >= 0.6 is 12.6 Å². The van der Waals surface area contributed by atoms with E-state index in [1.54, 1.807) is 0 Å². The highest BCUT2D eigenvalue weighted by molar-refractivity contribution is 7.80. The molecule has 0 saturated carbocycles. The Labute approximate surface area is 88.4 Å². The average Bonchev–Trinajstić information content (AvgIpc) is 2.27. The van der Waals surface area contributed by atoms with Crippen molar-refractivity contribution in [2.45, 2.75) is 5.25 Å². The zero-order valence-electron chi connectivity index (χ0n) is 7.51. The molecule has 1 atom stereocenters.